The maximum atomic E-state index is 11.8. The first-order chi connectivity index (χ1) is 11.8. The van der Waals surface area contributed by atoms with Crippen LogP contribution in [-0.4, -0.2) is 22.1 Å². The highest BCUT2D eigenvalue weighted by atomic mass is 16.5. The SMILES string of the molecule is CCOC(=O)Cc1ccccc1Oc1ncccc1-n1cccc1. The monoisotopic (exact) mass is 322 g/mol. The molecule has 5 heteroatoms. The molecule has 3 rings (SSSR count). The van der Waals surface area contributed by atoms with Crippen molar-refractivity contribution >= 4 is 5.97 Å². The van der Waals surface area contributed by atoms with Crippen LogP contribution in [0.15, 0.2) is 67.1 Å². The van der Waals surface area contributed by atoms with E-state index in [1.807, 2.05) is 65.5 Å². The molecule has 0 saturated carbocycles. The Morgan fingerprint density at radius 3 is 2.67 bits per heavy atom. The highest BCUT2D eigenvalue weighted by Gasteiger charge is 2.13. The number of carbonyl (C=O) groups is 1. The van der Waals surface area contributed by atoms with Crippen LogP contribution >= 0.6 is 0 Å². The molecule has 3 aromatic rings. The van der Waals surface area contributed by atoms with Gasteiger partial charge in [-0.1, -0.05) is 18.2 Å². The molecular formula is C19H18N2O3. The summed E-state index contributed by atoms with van der Waals surface area (Å²) in [5.74, 6) is 0.794. The second-order valence-corrected chi connectivity index (χ2v) is 5.11. The predicted octanol–water partition coefficient (Wildman–Crippen LogP) is 3.77. The molecule has 0 saturated heterocycles. The molecule has 122 valence electrons. The highest BCUT2D eigenvalue weighted by molar-refractivity contribution is 5.73. The van der Waals surface area contributed by atoms with Gasteiger partial charge in [0.25, 0.3) is 0 Å². The Bertz CT molecular complexity index is 813. The lowest BCUT2D eigenvalue weighted by Crippen LogP contribution is -2.08. The molecule has 0 unspecified atom stereocenters. The van der Waals surface area contributed by atoms with Crippen LogP contribution in [0.1, 0.15) is 12.5 Å². The number of carbonyl (C=O) groups excluding carboxylic acids is 1. The first-order valence-electron chi connectivity index (χ1n) is 7.77. The summed E-state index contributed by atoms with van der Waals surface area (Å²) in [6.07, 6.45) is 5.69. The average molecular weight is 322 g/mol. The number of pyridine rings is 1. The third-order valence-electron chi connectivity index (χ3n) is 3.45. The first kappa shape index (κ1) is 15.8. The van der Waals surface area contributed by atoms with E-state index < -0.39 is 0 Å². The van der Waals surface area contributed by atoms with E-state index in [9.17, 15) is 4.79 Å². The van der Waals surface area contributed by atoms with Crippen LogP contribution in [0.5, 0.6) is 11.6 Å². The molecule has 5 nitrogen and oxygen atoms in total. The Hall–Kier alpha value is -3.08. The van der Waals surface area contributed by atoms with Gasteiger partial charge in [-0.2, -0.15) is 0 Å². The number of nitrogens with zero attached hydrogens (tertiary/aromatic N) is 2. The summed E-state index contributed by atoms with van der Waals surface area (Å²) >= 11 is 0. The largest absolute Gasteiger partial charge is 0.466 e. The number of hydrogen-bond donors (Lipinski definition) is 0. The van der Waals surface area contributed by atoms with Crippen LogP contribution in [0.25, 0.3) is 5.69 Å². The van der Waals surface area contributed by atoms with Crippen molar-refractivity contribution in [1.82, 2.24) is 9.55 Å². The Morgan fingerprint density at radius 1 is 1.08 bits per heavy atom. The van der Waals surface area contributed by atoms with E-state index in [0.29, 0.717) is 18.2 Å². The van der Waals surface area contributed by atoms with Crippen LogP contribution in [0.4, 0.5) is 0 Å². The van der Waals surface area contributed by atoms with Crippen LogP contribution in [-0.2, 0) is 16.0 Å². The molecule has 0 bridgehead atoms. The summed E-state index contributed by atoms with van der Waals surface area (Å²) in [6, 6.07) is 15.1. The standard InChI is InChI=1S/C19H18N2O3/c1-2-23-18(22)14-15-8-3-4-10-17(15)24-19-16(9-7-11-20-19)21-12-5-6-13-21/h3-13H,2,14H2,1H3. The van der Waals surface area contributed by atoms with Gasteiger partial charge >= 0.3 is 5.97 Å². The zero-order valence-corrected chi connectivity index (χ0v) is 13.4. The van der Waals surface area contributed by atoms with Crippen LogP contribution < -0.4 is 4.74 Å². The lowest BCUT2D eigenvalue weighted by molar-refractivity contribution is -0.142. The molecule has 0 aliphatic heterocycles. The van der Waals surface area contributed by atoms with Gasteiger partial charge in [0.05, 0.1) is 13.0 Å². The van der Waals surface area contributed by atoms with Crippen molar-refractivity contribution in [3.63, 3.8) is 0 Å². The van der Waals surface area contributed by atoms with Crippen molar-refractivity contribution in [3.05, 3.63) is 72.7 Å². The third-order valence-corrected chi connectivity index (χ3v) is 3.45. The van der Waals surface area contributed by atoms with Crippen molar-refractivity contribution < 1.29 is 14.3 Å². The van der Waals surface area contributed by atoms with Crippen LogP contribution in [0.2, 0.25) is 0 Å². The van der Waals surface area contributed by atoms with E-state index >= 15 is 0 Å². The van der Waals surface area contributed by atoms with Crippen molar-refractivity contribution in [2.75, 3.05) is 6.61 Å². The Labute approximate surface area is 140 Å². The highest BCUT2D eigenvalue weighted by Crippen LogP contribution is 2.28. The first-order valence-corrected chi connectivity index (χ1v) is 7.77. The maximum Gasteiger partial charge on any atom is 0.310 e. The van der Waals surface area contributed by atoms with Crippen LogP contribution in [0.3, 0.4) is 0 Å². The van der Waals surface area contributed by atoms with E-state index in [-0.39, 0.29) is 12.4 Å². The van der Waals surface area contributed by atoms with Gasteiger partial charge in [0.1, 0.15) is 11.4 Å². The fourth-order valence-corrected chi connectivity index (χ4v) is 2.37. The van der Waals surface area contributed by atoms with Gasteiger partial charge in [0.15, 0.2) is 0 Å². The van der Waals surface area contributed by atoms with Crippen molar-refractivity contribution in [2.45, 2.75) is 13.3 Å². The molecule has 2 aromatic heterocycles. The number of aromatic nitrogens is 2. The van der Waals surface area contributed by atoms with Gasteiger partial charge in [0, 0.05) is 24.2 Å². The quantitative estimate of drug-likeness (QED) is 0.648. The fourth-order valence-electron chi connectivity index (χ4n) is 2.37. The van der Waals surface area contributed by atoms with Crippen molar-refractivity contribution in [1.29, 1.82) is 0 Å². The number of ether oxygens (including phenoxy) is 2. The number of hydrogen-bond acceptors (Lipinski definition) is 4. The van der Waals surface area contributed by atoms with Gasteiger partial charge in [-0.3, -0.25) is 4.79 Å². The average Bonchev–Trinajstić information content (AvgIpc) is 3.12. The summed E-state index contributed by atoms with van der Waals surface area (Å²) in [6.45, 7) is 2.15. The lowest BCUT2D eigenvalue weighted by Gasteiger charge is -2.13. The molecule has 0 fully saturated rings. The second-order valence-electron chi connectivity index (χ2n) is 5.11. The second kappa shape index (κ2) is 7.46. The van der Waals surface area contributed by atoms with Gasteiger partial charge in [0.2, 0.25) is 5.88 Å². The van der Waals surface area contributed by atoms with Crippen molar-refractivity contribution in [2.24, 2.45) is 0 Å². The molecule has 2 heterocycles. The number of rotatable bonds is 6. The molecular weight excluding hydrogens is 304 g/mol. The smallest absolute Gasteiger partial charge is 0.310 e. The fraction of sp³-hybridized carbons (Fsp3) is 0.158. The maximum absolute atomic E-state index is 11.8. The van der Waals surface area contributed by atoms with E-state index in [1.54, 1.807) is 13.1 Å². The molecule has 0 spiro atoms. The third kappa shape index (κ3) is 3.63. The number of para-hydroxylation sites is 1. The van der Waals surface area contributed by atoms with Gasteiger partial charge in [-0.05, 0) is 37.3 Å². The summed E-state index contributed by atoms with van der Waals surface area (Å²) in [5, 5.41) is 0. The number of benzene rings is 1. The Kier molecular flexibility index (Phi) is 4.91. The zero-order chi connectivity index (χ0) is 16.8. The van der Waals surface area contributed by atoms with Gasteiger partial charge < -0.3 is 14.0 Å². The summed E-state index contributed by atoms with van der Waals surface area (Å²) in [7, 11) is 0. The Balaban J connectivity index is 1.89. The number of esters is 1. The van der Waals surface area contributed by atoms with E-state index in [1.165, 1.54) is 0 Å². The predicted molar refractivity (Wildman–Crippen MR) is 90.4 cm³/mol. The molecule has 0 aliphatic rings. The van der Waals surface area contributed by atoms with E-state index in [2.05, 4.69) is 4.98 Å². The lowest BCUT2D eigenvalue weighted by atomic mass is 10.1. The van der Waals surface area contributed by atoms with Gasteiger partial charge in [-0.25, -0.2) is 4.98 Å². The summed E-state index contributed by atoms with van der Waals surface area (Å²) in [4.78, 5) is 16.1. The van der Waals surface area contributed by atoms with Crippen LogP contribution in [0, 0.1) is 0 Å². The minimum Gasteiger partial charge on any atom is -0.466 e. The molecule has 0 atom stereocenters. The summed E-state index contributed by atoms with van der Waals surface area (Å²) in [5.41, 5.74) is 1.59. The molecule has 0 aliphatic carbocycles. The summed E-state index contributed by atoms with van der Waals surface area (Å²) < 4.78 is 13.0. The zero-order valence-electron chi connectivity index (χ0n) is 13.4. The molecule has 0 radical (unpaired) electrons. The topological polar surface area (TPSA) is 53.4 Å². The normalized spacial score (nSPS) is 10.4. The minimum atomic E-state index is -0.278. The minimum absolute atomic E-state index is 0.162. The molecule has 24 heavy (non-hydrogen) atoms. The van der Waals surface area contributed by atoms with Gasteiger partial charge in [-0.15, -0.1) is 0 Å². The van der Waals surface area contributed by atoms with E-state index in [0.717, 1.165) is 11.3 Å². The molecule has 1 aromatic carbocycles. The van der Waals surface area contributed by atoms with Crippen molar-refractivity contribution in [3.8, 4) is 17.3 Å². The Morgan fingerprint density at radius 2 is 1.88 bits per heavy atom. The van der Waals surface area contributed by atoms with E-state index in [4.69, 9.17) is 9.47 Å². The molecule has 0 N–H and O–H groups in total. The molecule has 0 amide bonds.